The summed E-state index contributed by atoms with van der Waals surface area (Å²) < 4.78 is 0. The molecule has 0 unspecified atom stereocenters. The number of carbonyl (C=O) groups is 1. The Balaban J connectivity index is 3.50. The Labute approximate surface area is 54.0 Å². The Bertz CT molecular complexity index is 103. The quantitative estimate of drug-likeness (QED) is 0.470. The van der Waals surface area contributed by atoms with Gasteiger partial charge in [0.15, 0.2) is 0 Å². The average molecular weight is 132 g/mol. The van der Waals surface area contributed by atoms with Gasteiger partial charge in [0.05, 0.1) is 12.1 Å². The van der Waals surface area contributed by atoms with Crippen molar-refractivity contribution in [3.8, 4) is 0 Å². The van der Waals surface area contributed by atoms with Gasteiger partial charge in [-0.05, 0) is 13.8 Å². The van der Waals surface area contributed by atoms with E-state index in [2.05, 4.69) is 5.32 Å². The summed E-state index contributed by atoms with van der Waals surface area (Å²) in [4.78, 5) is 10.1. The molecule has 4 heteroatoms. The lowest BCUT2D eigenvalue weighted by Crippen LogP contribution is -2.42. The summed E-state index contributed by atoms with van der Waals surface area (Å²) in [5.41, 5.74) is 4.77. The van der Waals surface area contributed by atoms with E-state index in [-0.39, 0.29) is 6.04 Å². The summed E-state index contributed by atoms with van der Waals surface area (Å²) in [5.74, 6) is 0. The lowest BCUT2D eigenvalue weighted by atomic mass is 10.2. The van der Waals surface area contributed by atoms with Crippen LogP contribution in [0.25, 0.3) is 0 Å². The van der Waals surface area contributed by atoms with E-state index in [0.717, 1.165) is 0 Å². The van der Waals surface area contributed by atoms with Crippen LogP contribution in [-0.2, 0) is 0 Å². The van der Waals surface area contributed by atoms with Gasteiger partial charge in [-0.3, -0.25) is 0 Å². The highest BCUT2D eigenvalue weighted by Crippen LogP contribution is 1.87. The number of hydrogen-bond acceptors (Lipinski definition) is 2. The first-order valence-electron chi connectivity index (χ1n) is 2.78. The molecule has 0 radical (unpaired) electrons. The fourth-order valence-corrected chi connectivity index (χ4v) is 0.345. The third-order valence-corrected chi connectivity index (χ3v) is 1.09. The number of hydrogen-bond donors (Lipinski definition) is 3. The number of carbonyl (C=O) groups excluding carboxylic acids is 1. The summed E-state index contributed by atoms with van der Waals surface area (Å²) in [6.07, 6.45) is -0.558. The highest BCUT2D eigenvalue weighted by atomic mass is 16.3. The highest BCUT2D eigenvalue weighted by molar-refractivity contribution is 5.71. The van der Waals surface area contributed by atoms with Crippen LogP contribution in [0.4, 0.5) is 4.79 Å². The van der Waals surface area contributed by atoms with Crippen molar-refractivity contribution < 1.29 is 9.90 Å². The number of rotatable bonds is 2. The monoisotopic (exact) mass is 132 g/mol. The van der Waals surface area contributed by atoms with Gasteiger partial charge in [-0.15, -0.1) is 0 Å². The Morgan fingerprint density at radius 3 is 2.22 bits per heavy atom. The molecule has 9 heavy (non-hydrogen) atoms. The smallest absolute Gasteiger partial charge is 0.312 e. The summed E-state index contributed by atoms with van der Waals surface area (Å²) in [6.45, 7) is 3.26. The molecule has 2 atom stereocenters. The molecule has 54 valence electrons. The van der Waals surface area contributed by atoms with Gasteiger partial charge in [0.1, 0.15) is 0 Å². The van der Waals surface area contributed by atoms with Crippen LogP contribution in [0, 0.1) is 0 Å². The number of primary amides is 1. The first-order chi connectivity index (χ1) is 4.04. The van der Waals surface area contributed by atoms with Crippen molar-refractivity contribution in [3.05, 3.63) is 0 Å². The molecule has 0 saturated heterocycles. The van der Waals surface area contributed by atoms with Gasteiger partial charge in [-0.2, -0.15) is 0 Å². The van der Waals surface area contributed by atoms with Crippen molar-refractivity contribution in [1.29, 1.82) is 0 Å². The SMILES string of the molecule is C[C@H](NC(N)=O)[C@@H](C)O. The highest BCUT2D eigenvalue weighted by Gasteiger charge is 2.08. The first kappa shape index (κ1) is 8.23. The molecule has 0 spiro atoms. The molecule has 0 aliphatic rings. The second-order valence-electron chi connectivity index (χ2n) is 2.04. The van der Waals surface area contributed by atoms with Crippen molar-refractivity contribution in [1.82, 2.24) is 5.32 Å². The topological polar surface area (TPSA) is 75.3 Å². The number of aliphatic hydroxyl groups excluding tert-OH is 1. The third kappa shape index (κ3) is 3.78. The zero-order valence-electron chi connectivity index (χ0n) is 5.59. The minimum atomic E-state index is -0.608. The van der Waals surface area contributed by atoms with E-state index < -0.39 is 12.1 Å². The molecule has 0 aromatic carbocycles. The van der Waals surface area contributed by atoms with Crippen LogP contribution in [0.15, 0.2) is 0 Å². The predicted octanol–water partition coefficient (Wildman–Crippen LogP) is -0.576. The number of nitrogens with one attached hydrogen (secondary N) is 1. The number of amides is 2. The number of aliphatic hydroxyl groups is 1. The average Bonchev–Trinajstić information content (AvgIpc) is 1.63. The van der Waals surface area contributed by atoms with Gasteiger partial charge in [0.2, 0.25) is 0 Å². The molecule has 4 nitrogen and oxygen atoms in total. The lowest BCUT2D eigenvalue weighted by molar-refractivity contribution is 0.154. The van der Waals surface area contributed by atoms with E-state index in [9.17, 15) is 4.79 Å². The summed E-state index contributed by atoms with van der Waals surface area (Å²) in [5, 5.41) is 11.1. The van der Waals surface area contributed by atoms with Crippen LogP contribution in [0.5, 0.6) is 0 Å². The van der Waals surface area contributed by atoms with E-state index in [1.54, 1.807) is 13.8 Å². The molecule has 4 N–H and O–H groups in total. The number of urea groups is 1. The molecule has 0 bridgehead atoms. The van der Waals surface area contributed by atoms with Crippen molar-refractivity contribution >= 4 is 6.03 Å². The van der Waals surface area contributed by atoms with Crippen molar-refractivity contribution in [2.45, 2.75) is 26.0 Å². The Kier molecular flexibility index (Phi) is 3.01. The largest absolute Gasteiger partial charge is 0.391 e. The van der Waals surface area contributed by atoms with E-state index >= 15 is 0 Å². The maximum atomic E-state index is 10.1. The molecule has 0 heterocycles. The molecule has 0 aliphatic carbocycles. The molecular formula is C5H12N2O2. The van der Waals surface area contributed by atoms with Gasteiger partial charge in [-0.1, -0.05) is 0 Å². The molecule has 0 saturated carbocycles. The predicted molar refractivity (Wildman–Crippen MR) is 33.9 cm³/mol. The Morgan fingerprint density at radius 1 is 1.67 bits per heavy atom. The second-order valence-corrected chi connectivity index (χ2v) is 2.04. The molecule has 0 rings (SSSR count). The zero-order chi connectivity index (χ0) is 7.44. The first-order valence-corrected chi connectivity index (χ1v) is 2.78. The standard InChI is InChI=1S/C5H12N2O2/c1-3(4(2)8)7-5(6)9/h3-4,8H,1-2H3,(H3,6,7,9)/t3-,4+/m0/s1. The van der Waals surface area contributed by atoms with Gasteiger partial charge >= 0.3 is 6.03 Å². The van der Waals surface area contributed by atoms with Crippen LogP contribution in [0.1, 0.15) is 13.8 Å². The van der Waals surface area contributed by atoms with Crippen molar-refractivity contribution in [3.63, 3.8) is 0 Å². The van der Waals surface area contributed by atoms with Crippen molar-refractivity contribution in [2.24, 2.45) is 5.73 Å². The van der Waals surface area contributed by atoms with Gasteiger partial charge in [0.25, 0.3) is 0 Å². The fraction of sp³-hybridized carbons (Fsp3) is 0.800. The van der Waals surface area contributed by atoms with E-state index in [1.165, 1.54) is 0 Å². The second kappa shape index (κ2) is 3.29. The lowest BCUT2D eigenvalue weighted by Gasteiger charge is -2.13. The fourth-order valence-electron chi connectivity index (χ4n) is 0.345. The van der Waals surface area contributed by atoms with Crippen LogP contribution < -0.4 is 11.1 Å². The van der Waals surface area contributed by atoms with Crippen molar-refractivity contribution in [2.75, 3.05) is 0 Å². The molecule has 2 amide bonds. The van der Waals surface area contributed by atoms with Gasteiger partial charge < -0.3 is 16.2 Å². The van der Waals surface area contributed by atoms with Crippen LogP contribution >= 0.6 is 0 Å². The minimum absolute atomic E-state index is 0.275. The minimum Gasteiger partial charge on any atom is -0.391 e. The van der Waals surface area contributed by atoms with Gasteiger partial charge in [-0.25, -0.2) is 4.79 Å². The zero-order valence-corrected chi connectivity index (χ0v) is 5.59. The summed E-state index contributed by atoms with van der Waals surface area (Å²) >= 11 is 0. The van der Waals surface area contributed by atoms with E-state index in [0.29, 0.717) is 0 Å². The normalized spacial score (nSPS) is 16.3. The maximum absolute atomic E-state index is 10.1. The van der Waals surface area contributed by atoms with Crippen LogP contribution in [0.3, 0.4) is 0 Å². The van der Waals surface area contributed by atoms with Crippen LogP contribution in [0.2, 0.25) is 0 Å². The Morgan fingerprint density at radius 2 is 2.11 bits per heavy atom. The molecule has 0 aromatic heterocycles. The molecule has 0 aromatic rings. The summed E-state index contributed by atoms with van der Waals surface area (Å²) in [7, 11) is 0. The number of nitrogens with two attached hydrogens (primary N) is 1. The summed E-state index contributed by atoms with van der Waals surface area (Å²) in [6, 6.07) is -0.883. The molecule has 0 aliphatic heterocycles. The van der Waals surface area contributed by atoms with E-state index in [4.69, 9.17) is 10.8 Å². The molecular weight excluding hydrogens is 120 g/mol. The van der Waals surface area contributed by atoms with E-state index in [1.807, 2.05) is 0 Å². The maximum Gasteiger partial charge on any atom is 0.312 e. The van der Waals surface area contributed by atoms with Crippen LogP contribution in [-0.4, -0.2) is 23.3 Å². The molecule has 0 fully saturated rings. The van der Waals surface area contributed by atoms with Gasteiger partial charge in [0, 0.05) is 0 Å². The Hall–Kier alpha value is -0.770. The third-order valence-electron chi connectivity index (χ3n) is 1.09.